The molecule has 0 aromatic heterocycles. The topological polar surface area (TPSA) is 58.2 Å². The van der Waals surface area contributed by atoms with Crippen LogP contribution in [0.2, 0.25) is 0 Å². The summed E-state index contributed by atoms with van der Waals surface area (Å²) >= 11 is 1.39. The van der Waals surface area contributed by atoms with E-state index >= 15 is 0 Å². The standard InChI is InChI=1S/C17H22N2O2S/c1-4-5-8-18-16(21)15-14(20)10-22-17(15)19-13-7-6-11(2)12(3)9-13/h6-7,9,19H,4-5,8,10H2,1-3H3,(H,18,21). The number of ketones is 1. The third-order valence-corrected chi connectivity index (χ3v) is 4.66. The van der Waals surface area contributed by atoms with Crippen molar-refractivity contribution >= 4 is 29.1 Å². The number of aryl methyl sites for hydroxylation is 2. The smallest absolute Gasteiger partial charge is 0.257 e. The summed E-state index contributed by atoms with van der Waals surface area (Å²) in [5.74, 6) is -0.0518. The number of carbonyl (C=O) groups is 2. The van der Waals surface area contributed by atoms with Gasteiger partial charge < -0.3 is 10.6 Å². The van der Waals surface area contributed by atoms with Crippen molar-refractivity contribution in [2.45, 2.75) is 33.6 Å². The second-order valence-corrected chi connectivity index (χ2v) is 6.44. The van der Waals surface area contributed by atoms with E-state index in [0.29, 0.717) is 17.3 Å². The molecule has 5 heteroatoms. The maximum Gasteiger partial charge on any atom is 0.257 e. The van der Waals surface area contributed by atoms with Gasteiger partial charge in [-0.3, -0.25) is 9.59 Å². The molecular weight excluding hydrogens is 296 g/mol. The average Bonchev–Trinajstić information content (AvgIpc) is 2.84. The van der Waals surface area contributed by atoms with Crippen LogP contribution in [0.4, 0.5) is 5.69 Å². The number of carbonyl (C=O) groups excluding carboxylic acids is 2. The highest BCUT2D eigenvalue weighted by molar-refractivity contribution is 8.04. The molecular formula is C17H22N2O2S. The molecule has 2 N–H and O–H groups in total. The van der Waals surface area contributed by atoms with E-state index in [1.807, 2.05) is 25.1 Å². The summed E-state index contributed by atoms with van der Waals surface area (Å²) in [4.78, 5) is 24.2. The van der Waals surface area contributed by atoms with Crippen molar-refractivity contribution in [1.82, 2.24) is 5.32 Å². The number of hydrogen-bond acceptors (Lipinski definition) is 4. The summed E-state index contributed by atoms with van der Waals surface area (Å²) < 4.78 is 0. The minimum Gasteiger partial charge on any atom is -0.352 e. The molecule has 1 aliphatic heterocycles. The fourth-order valence-corrected chi connectivity index (χ4v) is 3.12. The van der Waals surface area contributed by atoms with Crippen LogP contribution >= 0.6 is 11.8 Å². The molecule has 1 amide bonds. The first-order valence-corrected chi connectivity index (χ1v) is 8.54. The van der Waals surface area contributed by atoms with Gasteiger partial charge in [0.15, 0.2) is 5.78 Å². The molecule has 0 saturated heterocycles. The normalized spacial score (nSPS) is 14.4. The lowest BCUT2D eigenvalue weighted by Gasteiger charge is -2.11. The molecule has 0 bridgehead atoms. The van der Waals surface area contributed by atoms with Gasteiger partial charge in [0.1, 0.15) is 5.57 Å². The van der Waals surface area contributed by atoms with E-state index in [1.54, 1.807) is 0 Å². The number of anilines is 1. The van der Waals surface area contributed by atoms with Crippen LogP contribution in [0.5, 0.6) is 0 Å². The van der Waals surface area contributed by atoms with Crippen LogP contribution in [-0.2, 0) is 9.59 Å². The van der Waals surface area contributed by atoms with Crippen molar-refractivity contribution in [3.8, 4) is 0 Å². The lowest BCUT2D eigenvalue weighted by atomic mass is 10.1. The highest BCUT2D eigenvalue weighted by Gasteiger charge is 2.29. The molecule has 1 heterocycles. The van der Waals surface area contributed by atoms with E-state index in [2.05, 4.69) is 24.5 Å². The van der Waals surface area contributed by atoms with E-state index in [4.69, 9.17) is 0 Å². The van der Waals surface area contributed by atoms with Crippen molar-refractivity contribution in [1.29, 1.82) is 0 Å². The van der Waals surface area contributed by atoms with Crippen molar-refractivity contribution < 1.29 is 9.59 Å². The minimum absolute atomic E-state index is 0.106. The van der Waals surface area contributed by atoms with Gasteiger partial charge in [-0.05, 0) is 43.5 Å². The summed E-state index contributed by atoms with van der Waals surface area (Å²) in [5, 5.41) is 6.70. The first kappa shape index (κ1) is 16.6. The number of benzene rings is 1. The number of amides is 1. The lowest BCUT2D eigenvalue weighted by Crippen LogP contribution is -2.29. The highest BCUT2D eigenvalue weighted by Crippen LogP contribution is 2.30. The number of thioether (sulfide) groups is 1. The maximum atomic E-state index is 12.2. The van der Waals surface area contributed by atoms with Gasteiger partial charge in [0.2, 0.25) is 0 Å². The quantitative estimate of drug-likeness (QED) is 0.625. The Hall–Kier alpha value is -1.75. The minimum atomic E-state index is -0.269. The number of Topliss-reactive ketones (excluding diaryl/α,β-unsaturated/α-hetero) is 1. The molecule has 2 rings (SSSR count). The van der Waals surface area contributed by atoms with E-state index in [1.165, 1.54) is 22.9 Å². The van der Waals surface area contributed by atoms with Crippen molar-refractivity contribution in [3.05, 3.63) is 39.9 Å². The zero-order valence-corrected chi connectivity index (χ0v) is 14.1. The van der Waals surface area contributed by atoms with E-state index < -0.39 is 0 Å². The summed E-state index contributed by atoms with van der Waals surface area (Å²) in [7, 11) is 0. The highest BCUT2D eigenvalue weighted by atomic mass is 32.2. The van der Waals surface area contributed by atoms with E-state index in [-0.39, 0.29) is 17.3 Å². The summed E-state index contributed by atoms with van der Waals surface area (Å²) in [6, 6.07) is 6.02. The molecule has 0 aliphatic carbocycles. The van der Waals surface area contributed by atoms with Crippen LogP contribution in [0.15, 0.2) is 28.8 Å². The van der Waals surface area contributed by atoms with Gasteiger partial charge in [-0.15, -0.1) is 0 Å². The monoisotopic (exact) mass is 318 g/mol. The maximum absolute atomic E-state index is 12.2. The van der Waals surface area contributed by atoms with E-state index in [9.17, 15) is 9.59 Å². The zero-order valence-electron chi connectivity index (χ0n) is 13.3. The Morgan fingerprint density at radius 2 is 2.05 bits per heavy atom. The number of rotatable bonds is 6. The number of unbranched alkanes of at least 4 members (excludes halogenated alkanes) is 1. The van der Waals surface area contributed by atoms with Crippen molar-refractivity contribution in [2.75, 3.05) is 17.6 Å². The molecule has 1 aromatic rings. The van der Waals surface area contributed by atoms with Gasteiger partial charge in [0, 0.05) is 12.2 Å². The Labute approximate surface area is 135 Å². The molecule has 1 aromatic carbocycles. The number of nitrogens with one attached hydrogen (secondary N) is 2. The predicted octanol–water partition coefficient (Wildman–Crippen LogP) is 3.16. The zero-order chi connectivity index (χ0) is 16.1. The van der Waals surface area contributed by atoms with Gasteiger partial charge in [-0.2, -0.15) is 0 Å². The second-order valence-electron chi connectivity index (χ2n) is 5.45. The fraction of sp³-hybridized carbons (Fsp3) is 0.412. The largest absolute Gasteiger partial charge is 0.352 e. The molecule has 0 saturated carbocycles. The molecule has 4 nitrogen and oxygen atoms in total. The fourth-order valence-electron chi connectivity index (χ4n) is 2.15. The Bertz CT molecular complexity index is 623. The Kier molecular flexibility index (Phi) is 5.66. The van der Waals surface area contributed by atoms with Gasteiger partial charge in [-0.1, -0.05) is 31.2 Å². The summed E-state index contributed by atoms with van der Waals surface area (Å²) in [6.07, 6.45) is 1.93. The number of hydrogen-bond donors (Lipinski definition) is 2. The van der Waals surface area contributed by atoms with Gasteiger partial charge in [0.05, 0.1) is 10.8 Å². The molecule has 22 heavy (non-hydrogen) atoms. The van der Waals surface area contributed by atoms with Crippen LogP contribution in [0, 0.1) is 13.8 Å². The Morgan fingerprint density at radius 1 is 1.27 bits per heavy atom. The first-order valence-electron chi connectivity index (χ1n) is 7.55. The van der Waals surface area contributed by atoms with Gasteiger partial charge >= 0.3 is 0 Å². The van der Waals surface area contributed by atoms with Crippen LogP contribution in [-0.4, -0.2) is 24.0 Å². The van der Waals surface area contributed by atoms with Crippen molar-refractivity contribution in [3.63, 3.8) is 0 Å². The molecule has 0 unspecified atom stereocenters. The SMILES string of the molecule is CCCCNC(=O)C1=C(Nc2ccc(C)c(C)c2)SCC1=O. The average molecular weight is 318 g/mol. The summed E-state index contributed by atoms with van der Waals surface area (Å²) in [6.45, 7) is 6.77. The summed E-state index contributed by atoms with van der Waals surface area (Å²) in [5.41, 5.74) is 3.56. The molecule has 118 valence electrons. The second kappa shape index (κ2) is 7.49. The van der Waals surface area contributed by atoms with Gasteiger partial charge in [-0.25, -0.2) is 0 Å². The molecule has 1 aliphatic rings. The van der Waals surface area contributed by atoms with Crippen LogP contribution in [0.1, 0.15) is 30.9 Å². The predicted molar refractivity (Wildman–Crippen MR) is 91.9 cm³/mol. The molecule has 0 atom stereocenters. The van der Waals surface area contributed by atoms with Crippen molar-refractivity contribution in [2.24, 2.45) is 0 Å². The third-order valence-electron chi connectivity index (χ3n) is 3.66. The lowest BCUT2D eigenvalue weighted by molar-refractivity contribution is -0.121. The third kappa shape index (κ3) is 3.91. The molecule has 0 spiro atoms. The van der Waals surface area contributed by atoms with Crippen LogP contribution in [0.25, 0.3) is 0 Å². The van der Waals surface area contributed by atoms with Gasteiger partial charge in [0.25, 0.3) is 5.91 Å². The molecule has 0 fully saturated rings. The Morgan fingerprint density at radius 3 is 2.73 bits per heavy atom. The first-order chi connectivity index (χ1) is 10.5. The van der Waals surface area contributed by atoms with Crippen LogP contribution < -0.4 is 10.6 Å². The Balaban J connectivity index is 2.16. The molecule has 0 radical (unpaired) electrons. The van der Waals surface area contributed by atoms with Crippen LogP contribution in [0.3, 0.4) is 0 Å². The van der Waals surface area contributed by atoms with E-state index in [0.717, 1.165) is 18.5 Å².